The normalized spacial score (nSPS) is 19.7. The van der Waals surface area contributed by atoms with Gasteiger partial charge in [-0.15, -0.1) is 11.3 Å². The molecule has 27 heavy (non-hydrogen) atoms. The molecule has 1 atom stereocenters. The van der Waals surface area contributed by atoms with Crippen LogP contribution in [0.4, 0.5) is 0 Å². The Bertz CT molecular complexity index is 862. The summed E-state index contributed by atoms with van der Waals surface area (Å²) in [4.78, 5) is 31.5. The lowest BCUT2D eigenvalue weighted by molar-refractivity contribution is 0.0687. The van der Waals surface area contributed by atoms with Crippen molar-refractivity contribution in [1.82, 2.24) is 9.80 Å². The number of fused-ring (bicyclic) bond motifs is 1. The first-order valence-electron chi connectivity index (χ1n) is 9.47. The average Bonchev–Trinajstić information content (AvgIpc) is 3.10. The molecule has 2 aliphatic rings. The molecule has 0 spiro atoms. The van der Waals surface area contributed by atoms with Gasteiger partial charge in [0.15, 0.2) is 0 Å². The summed E-state index contributed by atoms with van der Waals surface area (Å²) in [7, 11) is 0. The van der Waals surface area contributed by atoms with Crippen molar-refractivity contribution in [1.29, 1.82) is 0 Å². The summed E-state index contributed by atoms with van der Waals surface area (Å²) in [6.07, 6.45) is 3.09. The number of piperidine rings is 1. The molecule has 1 saturated heterocycles. The van der Waals surface area contributed by atoms with Gasteiger partial charge < -0.3 is 9.80 Å². The van der Waals surface area contributed by atoms with Gasteiger partial charge in [-0.1, -0.05) is 18.5 Å². The molecule has 1 aromatic heterocycles. The van der Waals surface area contributed by atoms with Gasteiger partial charge >= 0.3 is 0 Å². The number of benzene rings is 1. The zero-order valence-electron chi connectivity index (χ0n) is 15.4. The van der Waals surface area contributed by atoms with Crippen molar-refractivity contribution in [3.8, 4) is 0 Å². The Labute approximate surface area is 168 Å². The zero-order chi connectivity index (χ0) is 19.0. The number of likely N-dealkylation sites (tertiary alicyclic amines) is 1. The highest BCUT2D eigenvalue weighted by Gasteiger charge is 2.28. The third kappa shape index (κ3) is 3.90. The number of rotatable bonds is 2. The van der Waals surface area contributed by atoms with E-state index in [-0.39, 0.29) is 11.8 Å². The summed E-state index contributed by atoms with van der Waals surface area (Å²) in [5, 5.41) is 0.625. The van der Waals surface area contributed by atoms with Crippen LogP contribution in [0.3, 0.4) is 0 Å². The Hall–Kier alpha value is -1.85. The summed E-state index contributed by atoms with van der Waals surface area (Å²) in [5.41, 5.74) is 1.76. The topological polar surface area (TPSA) is 40.6 Å². The molecule has 1 aromatic carbocycles. The number of halogens is 1. The molecule has 0 radical (unpaired) electrons. The molecule has 142 valence electrons. The second-order valence-corrected chi connectivity index (χ2v) is 9.11. The first-order valence-corrected chi connectivity index (χ1v) is 10.7. The standard InChI is InChI=1S/C21H23ClN2O2S/c1-14-3-2-9-23(12-14)21(26)19-11-16-13-24(10-8-18(16)27-19)20(25)15-4-6-17(22)7-5-15/h4-7,11,14H,2-3,8-10,12-13H2,1H3. The molecule has 3 heterocycles. The second-order valence-electron chi connectivity index (χ2n) is 7.54. The summed E-state index contributed by atoms with van der Waals surface area (Å²) in [6.45, 7) is 5.16. The number of nitrogens with zero attached hydrogens (tertiary/aromatic N) is 2. The molecule has 1 fully saturated rings. The zero-order valence-corrected chi connectivity index (χ0v) is 17.0. The van der Waals surface area contributed by atoms with Crippen LogP contribution in [0, 0.1) is 5.92 Å². The van der Waals surface area contributed by atoms with E-state index in [1.165, 1.54) is 11.3 Å². The number of thiophene rings is 1. The molecule has 0 aliphatic carbocycles. The van der Waals surface area contributed by atoms with Crippen molar-refractivity contribution in [3.05, 3.63) is 56.2 Å². The summed E-state index contributed by atoms with van der Waals surface area (Å²) >= 11 is 7.52. The molecular formula is C21H23ClN2O2S. The lowest BCUT2D eigenvalue weighted by Crippen LogP contribution is -2.38. The van der Waals surface area contributed by atoms with Gasteiger partial charge in [0.05, 0.1) is 4.88 Å². The largest absolute Gasteiger partial charge is 0.338 e. The van der Waals surface area contributed by atoms with Gasteiger partial charge in [-0.3, -0.25) is 9.59 Å². The number of carbonyl (C=O) groups is 2. The van der Waals surface area contributed by atoms with Gasteiger partial charge in [-0.2, -0.15) is 0 Å². The van der Waals surface area contributed by atoms with E-state index in [0.717, 1.165) is 36.4 Å². The quantitative estimate of drug-likeness (QED) is 0.743. The molecule has 0 saturated carbocycles. The van der Waals surface area contributed by atoms with E-state index in [9.17, 15) is 9.59 Å². The van der Waals surface area contributed by atoms with Gasteiger partial charge in [0.2, 0.25) is 0 Å². The van der Waals surface area contributed by atoms with Gasteiger partial charge in [0, 0.05) is 41.6 Å². The van der Waals surface area contributed by atoms with Crippen molar-refractivity contribution in [2.24, 2.45) is 5.92 Å². The van der Waals surface area contributed by atoms with Crippen LogP contribution in [0.25, 0.3) is 0 Å². The first-order chi connectivity index (χ1) is 13.0. The minimum atomic E-state index is 0.0150. The maximum atomic E-state index is 12.9. The highest BCUT2D eigenvalue weighted by Crippen LogP contribution is 2.30. The summed E-state index contributed by atoms with van der Waals surface area (Å²) in [5.74, 6) is 0.738. The van der Waals surface area contributed by atoms with Crippen LogP contribution in [-0.2, 0) is 13.0 Å². The Morgan fingerprint density at radius 2 is 1.89 bits per heavy atom. The summed E-state index contributed by atoms with van der Waals surface area (Å²) in [6, 6.07) is 9.01. The Balaban J connectivity index is 1.48. The molecule has 4 rings (SSSR count). The van der Waals surface area contributed by atoms with Crippen LogP contribution in [0.15, 0.2) is 30.3 Å². The second kappa shape index (κ2) is 7.64. The van der Waals surface area contributed by atoms with Crippen LogP contribution in [-0.4, -0.2) is 41.2 Å². The molecule has 1 unspecified atom stereocenters. The van der Waals surface area contributed by atoms with Crippen LogP contribution in [0.2, 0.25) is 5.02 Å². The van der Waals surface area contributed by atoms with Gasteiger partial charge in [-0.05, 0) is 61.1 Å². The number of amides is 2. The lowest BCUT2D eigenvalue weighted by Gasteiger charge is -2.30. The SMILES string of the molecule is CC1CCCN(C(=O)c2cc3c(s2)CCN(C(=O)c2ccc(Cl)cc2)C3)C1. The van der Waals surface area contributed by atoms with Crippen LogP contribution in [0.1, 0.15) is 50.2 Å². The predicted molar refractivity (Wildman–Crippen MR) is 109 cm³/mol. The fraction of sp³-hybridized carbons (Fsp3) is 0.429. The molecule has 6 heteroatoms. The minimum absolute atomic E-state index is 0.0150. The fourth-order valence-corrected chi connectivity index (χ4v) is 5.17. The van der Waals surface area contributed by atoms with Crippen LogP contribution < -0.4 is 0 Å². The molecule has 4 nitrogen and oxygen atoms in total. The maximum absolute atomic E-state index is 12.9. The third-order valence-corrected chi connectivity index (χ3v) is 6.88. The van der Waals surface area contributed by atoms with E-state index in [4.69, 9.17) is 11.6 Å². The number of hydrogen-bond donors (Lipinski definition) is 0. The fourth-order valence-electron chi connectivity index (χ4n) is 3.92. The average molecular weight is 403 g/mol. The van der Waals surface area contributed by atoms with E-state index in [2.05, 4.69) is 6.92 Å². The van der Waals surface area contributed by atoms with Crippen molar-refractivity contribution in [3.63, 3.8) is 0 Å². The molecule has 0 N–H and O–H groups in total. The Morgan fingerprint density at radius 3 is 2.63 bits per heavy atom. The highest BCUT2D eigenvalue weighted by molar-refractivity contribution is 7.14. The highest BCUT2D eigenvalue weighted by atomic mass is 35.5. The van der Waals surface area contributed by atoms with Crippen LogP contribution >= 0.6 is 22.9 Å². The van der Waals surface area contributed by atoms with Crippen molar-refractivity contribution in [2.75, 3.05) is 19.6 Å². The molecule has 2 aliphatic heterocycles. The maximum Gasteiger partial charge on any atom is 0.263 e. The smallest absolute Gasteiger partial charge is 0.263 e. The number of carbonyl (C=O) groups excluding carboxylic acids is 2. The molecule has 2 aromatic rings. The van der Waals surface area contributed by atoms with Crippen molar-refractivity contribution >= 4 is 34.8 Å². The van der Waals surface area contributed by atoms with Crippen molar-refractivity contribution in [2.45, 2.75) is 32.7 Å². The Kier molecular flexibility index (Phi) is 5.24. The van der Waals surface area contributed by atoms with E-state index >= 15 is 0 Å². The number of hydrogen-bond acceptors (Lipinski definition) is 3. The van der Waals surface area contributed by atoms with E-state index in [0.29, 0.717) is 29.6 Å². The molecule has 2 amide bonds. The van der Waals surface area contributed by atoms with Gasteiger partial charge in [-0.25, -0.2) is 0 Å². The lowest BCUT2D eigenvalue weighted by atomic mass is 10.00. The molecular weight excluding hydrogens is 380 g/mol. The predicted octanol–water partition coefficient (Wildman–Crippen LogP) is 4.47. The van der Waals surface area contributed by atoms with E-state index in [1.54, 1.807) is 35.6 Å². The first kappa shape index (κ1) is 18.5. The Morgan fingerprint density at radius 1 is 1.11 bits per heavy atom. The summed E-state index contributed by atoms with van der Waals surface area (Å²) < 4.78 is 0. The van der Waals surface area contributed by atoms with Gasteiger partial charge in [0.1, 0.15) is 0 Å². The minimum Gasteiger partial charge on any atom is -0.338 e. The third-order valence-electron chi connectivity index (χ3n) is 5.40. The van der Waals surface area contributed by atoms with Gasteiger partial charge in [0.25, 0.3) is 11.8 Å². The van der Waals surface area contributed by atoms with E-state index < -0.39 is 0 Å². The van der Waals surface area contributed by atoms with Crippen LogP contribution in [0.5, 0.6) is 0 Å². The monoisotopic (exact) mass is 402 g/mol. The van der Waals surface area contributed by atoms with E-state index in [1.807, 2.05) is 15.9 Å². The van der Waals surface area contributed by atoms with Crippen molar-refractivity contribution < 1.29 is 9.59 Å². The molecule has 0 bridgehead atoms.